The van der Waals surface area contributed by atoms with Crippen LogP contribution in [0.25, 0.3) is 0 Å². The van der Waals surface area contributed by atoms with Gasteiger partial charge in [0.15, 0.2) is 0 Å². The Labute approximate surface area is 142 Å². The van der Waals surface area contributed by atoms with Gasteiger partial charge in [0.05, 0.1) is 22.3 Å². The molecular formula is C17H22ClN3O2. The van der Waals surface area contributed by atoms with E-state index in [1.54, 1.807) is 23.1 Å². The van der Waals surface area contributed by atoms with Crippen LogP contribution in [-0.2, 0) is 4.74 Å². The third-order valence-electron chi connectivity index (χ3n) is 3.53. The molecule has 0 aromatic heterocycles. The average Bonchev–Trinajstić information content (AvgIpc) is 2.48. The van der Waals surface area contributed by atoms with Crippen LogP contribution in [0, 0.1) is 11.3 Å². The molecule has 5 nitrogen and oxygen atoms in total. The van der Waals surface area contributed by atoms with Gasteiger partial charge in [-0.2, -0.15) is 5.26 Å². The highest BCUT2D eigenvalue weighted by Gasteiger charge is 2.27. The van der Waals surface area contributed by atoms with E-state index in [2.05, 4.69) is 11.4 Å². The molecule has 1 N–H and O–H groups in total. The third-order valence-corrected chi connectivity index (χ3v) is 3.84. The Bertz CT molecular complexity index is 619. The van der Waals surface area contributed by atoms with Crippen molar-refractivity contribution in [3.05, 3.63) is 28.8 Å². The maximum atomic E-state index is 12.2. The highest BCUT2D eigenvalue weighted by molar-refractivity contribution is 6.33. The minimum Gasteiger partial charge on any atom is -0.444 e. The summed E-state index contributed by atoms with van der Waals surface area (Å²) >= 11 is 6.19. The summed E-state index contributed by atoms with van der Waals surface area (Å²) in [6, 6.07) is 7.33. The zero-order chi connectivity index (χ0) is 17.0. The van der Waals surface area contributed by atoms with Crippen molar-refractivity contribution in [2.45, 2.75) is 45.3 Å². The summed E-state index contributed by atoms with van der Waals surface area (Å²) in [6.45, 7) is 6.86. The van der Waals surface area contributed by atoms with Crippen LogP contribution < -0.4 is 5.32 Å². The van der Waals surface area contributed by atoms with E-state index < -0.39 is 5.60 Å². The van der Waals surface area contributed by atoms with Crippen LogP contribution in [0.4, 0.5) is 10.5 Å². The van der Waals surface area contributed by atoms with E-state index in [0.717, 1.165) is 18.5 Å². The predicted molar refractivity (Wildman–Crippen MR) is 90.6 cm³/mol. The molecule has 0 spiro atoms. The van der Waals surface area contributed by atoms with Gasteiger partial charge in [-0.25, -0.2) is 4.79 Å². The summed E-state index contributed by atoms with van der Waals surface area (Å²) in [5, 5.41) is 12.7. The largest absolute Gasteiger partial charge is 0.444 e. The third kappa shape index (κ3) is 5.04. The molecule has 1 atom stereocenters. The molecule has 1 heterocycles. The molecule has 1 aliphatic rings. The van der Waals surface area contributed by atoms with Crippen molar-refractivity contribution >= 4 is 23.4 Å². The average molecular weight is 336 g/mol. The summed E-state index contributed by atoms with van der Waals surface area (Å²) in [5.41, 5.74) is 0.815. The minimum atomic E-state index is -0.492. The number of nitrogens with zero attached hydrogens (tertiary/aromatic N) is 2. The number of ether oxygens (including phenoxy) is 1. The first kappa shape index (κ1) is 17.4. The molecule has 0 bridgehead atoms. The number of carbonyl (C=O) groups excluding carboxylic acids is 1. The fourth-order valence-corrected chi connectivity index (χ4v) is 2.74. The van der Waals surface area contributed by atoms with Crippen molar-refractivity contribution < 1.29 is 9.53 Å². The van der Waals surface area contributed by atoms with Gasteiger partial charge in [-0.1, -0.05) is 11.6 Å². The molecule has 1 unspecified atom stereocenters. The highest BCUT2D eigenvalue weighted by Crippen LogP contribution is 2.25. The molecule has 6 heteroatoms. The SMILES string of the molecule is CC(C)(C)OC(=O)N1CCCC(Nc2ccc(C#N)cc2Cl)C1. The Kier molecular flexibility index (Phi) is 5.38. The normalized spacial score (nSPS) is 18.2. The number of likely N-dealkylation sites (tertiary alicyclic amines) is 1. The second-order valence-corrected chi connectivity index (χ2v) is 7.12. The molecule has 0 aliphatic carbocycles. The molecular weight excluding hydrogens is 314 g/mol. The van der Waals surface area contributed by atoms with Crippen molar-refractivity contribution in [3.63, 3.8) is 0 Å². The quantitative estimate of drug-likeness (QED) is 0.886. The van der Waals surface area contributed by atoms with Crippen LogP contribution in [0.15, 0.2) is 18.2 Å². The lowest BCUT2D eigenvalue weighted by atomic mass is 10.1. The smallest absolute Gasteiger partial charge is 0.410 e. The number of hydrogen-bond acceptors (Lipinski definition) is 4. The van der Waals surface area contributed by atoms with Crippen LogP contribution in [0.1, 0.15) is 39.2 Å². The standard InChI is InChI=1S/C17H22ClN3O2/c1-17(2,3)23-16(22)21-8-4-5-13(11-21)20-15-7-6-12(10-19)9-14(15)18/h6-7,9,13,20H,4-5,8,11H2,1-3H3. The number of halogens is 1. The summed E-state index contributed by atoms with van der Waals surface area (Å²) in [6.07, 6.45) is 1.58. The number of amides is 1. The number of benzene rings is 1. The summed E-state index contributed by atoms with van der Waals surface area (Å²) in [5.74, 6) is 0. The molecule has 124 valence electrons. The van der Waals surface area contributed by atoms with Gasteiger partial charge in [-0.05, 0) is 51.8 Å². The molecule has 1 amide bonds. The first-order chi connectivity index (χ1) is 10.8. The Morgan fingerprint density at radius 2 is 2.22 bits per heavy atom. The van der Waals surface area contributed by atoms with E-state index in [4.69, 9.17) is 21.6 Å². The Morgan fingerprint density at radius 1 is 1.48 bits per heavy atom. The monoisotopic (exact) mass is 335 g/mol. The van der Waals surface area contributed by atoms with Gasteiger partial charge in [-0.15, -0.1) is 0 Å². The van der Waals surface area contributed by atoms with Crippen molar-refractivity contribution in [2.24, 2.45) is 0 Å². The number of nitrogens with one attached hydrogen (secondary N) is 1. The zero-order valence-corrected chi connectivity index (χ0v) is 14.5. The predicted octanol–water partition coefficient (Wildman–Crippen LogP) is 4.02. The van der Waals surface area contributed by atoms with E-state index in [-0.39, 0.29) is 12.1 Å². The number of rotatable bonds is 2. The van der Waals surface area contributed by atoms with E-state index >= 15 is 0 Å². The number of anilines is 1. The highest BCUT2D eigenvalue weighted by atomic mass is 35.5. The first-order valence-corrected chi connectivity index (χ1v) is 8.10. The molecule has 1 aromatic rings. The number of hydrogen-bond donors (Lipinski definition) is 1. The molecule has 0 radical (unpaired) electrons. The fraction of sp³-hybridized carbons (Fsp3) is 0.529. The van der Waals surface area contributed by atoms with E-state index in [1.165, 1.54) is 0 Å². The second kappa shape index (κ2) is 7.10. The van der Waals surface area contributed by atoms with Crippen LogP contribution in [0.2, 0.25) is 5.02 Å². The van der Waals surface area contributed by atoms with Gasteiger partial charge in [-0.3, -0.25) is 0 Å². The van der Waals surface area contributed by atoms with E-state index in [1.807, 2.05) is 20.8 Å². The molecule has 1 saturated heterocycles. The second-order valence-electron chi connectivity index (χ2n) is 6.72. The van der Waals surface area contributed by atoms with Crippen molar-refractivity contribution in [1.29, 1.82) is 5.26 Å². The Hall–Kier alpha value is -1.93. The lowest BCUT2D eigenvalue weighted by Gasteiger charge is -2.35. The van der Waals surface area contributed by atoms with Gasteiger partial charge in [0.25, 0.3) is 0 Å². The number of carbonyl (C=O) groups is 1. The molecule has 0 saturated carbocycles. The van der Waals surface area contributed by atoms with Gasteiger partial charge >= 0.3 is 6.09 Å². The van der Waals surface area contributed by atoms with Crippen molar-refractivity contribution in [3.8, 4) is 6.07 Å². The fourth-order valence-electron chi connectivity index (χ4n) is 2.51. The summed E-state index contributed by atoms with van der Waals surface area (Å²) in [7, 11) is 0. The zero-order valence-electron chi connectivity index (χ0n) is 13.7. The maximum absolute atomic E-state index is 12.2. The van der Waals surface area contributed by atoms with Crippen LogP contribution in [-0.4, -0.2) is 35.7 Å². The van der Waals surface area contributed by atoms with Crippen molar-refractivity contribution in [2.75, 3.05) is 18.4 Å². The molecule has 1 aromatic carbocycles. The summed E-state index contributed by atoms with van der Waals surface area (Å²) in [4.78, 5) is 13.9. The van der Waals surface area contributed by atoms with Gasteiger partial charge in [0.1, 0.15) is 5.60 Å². The van der Waals surface area contributed by atoms with Gasteiger partial charge < -0.3 is 15.0 Å². The lowest BCUT2D eigenvalue weighted by Crippen LogP contribution is -2.47. The minimum absolute atomic E-state index is 0.113. The number of nitriles is 1. The van der Waals surface area contributed by atoms with Crippen molar-refractivity contribution in [1.82, 2.24) is 4.90 Å². The van der Waals surface area contributed by atoms with Crippen LogP contribution in [0.3, 0.4) is 0 Å². The van der Waals surface area contributed by atoms with E-state index in [9.17, 15) is 4.79 Å². The Balaban J connectivity index is 1.99. The molecule has 1 aliphatic heterocycles. The number of piperidine rings is 1. The van der Waals surface area contributed by atoms with E-state index in [0.29, 0.717) is 23.7 Å². The van der Waals surface area contributed by atoms with Crippen LogP contribution >= 0.6 is 11.6 Å². The van der Waals surface area contributed by atoms with Gasteiger partial charge in [0.2, 0.25) is 0 Å². The van der Waals surface area contributed by atoms with Gasteiger partial charge in [0, 0.05) is 19.1 Å². The first-order valence-electron chi connectivity index (χ1n) is 7.72. The lowest BCUT2D eigenvalue weighted by molar-refractivity contribution is 0.0206. The van der Waals surface area contributed by atoms with Crippen LogP contribution in [0.5, 0.6) is 0 Å². The summed E-state index contributed by atoms with van der Waals surface area (Å²) < 4.78 is 5.43. The topological polar surface area (TPSA) is 65.4 Å². The molecule has 2 rings (SSSR count). The Morgan fingerprint density at radius 3 is 2.83 bits per heavy atom. The maximum Gasteiger partial charge on any atom is 0.410 e. The molecule has 1 fully saturated rings. The molecule has 23 heavy (non-hydrogen) atoms.